The summed E-state index contributed by atoms with van der Waals surface area (Å²) in [6.45, 7) is 3.51. The van der Waals surface area contributed by atoms with E-state index in [4.69, 9.17) is 0 Å². The van der Waals surface area contributed by atoms with Gasteiger partial charge in [0.1, 0.15) is 0 Å². The van der Waals surface area contributed by atoms with Crippen molar-refractivity contribution in [3.8, 4) is 0 Å². The summed E-state index contributed by atoms with van der Waals surface area (Å²) >= 11 is 0. The van der Waals surface area contributed by atoms with Gasteiger partial charge in [0, 0.05) is 49.3 Å². The second-order valence-electron chi connectivity index (χ2n) is 6.36. The maximum Gasteiger partial charge on any atom is 0.237 e. The molecule has 1 aromatic carbocycles. The van der Waals surface area contributed by atoms with E-state index in [1.54, 1.807) is 13.1 Å². The van der Waals surface area contributed by atoms with Crippen LogP contribution in [-0.4, -0.2) is 47.9 Å². The van der Waals surface area contributed by atoms with Crippen LogP contribution < -0.4 is 16.1 Å². The monoisotopic (exact) mass is 342 g/mol. The first-order valence-electron chi connectivity index (χ1n) is 8.33. The van der Waals surface area contributed by atoms with E-state index in [0.717, 1.165) is 16.8 Å². The normalized spacial score (nSPS) is 18.2. The molecule has 1 fully saturated rings. The van der Waals surface area contributed by atoms with Crippen LogP contribution in [0, 0.1) is 6.92 Å². The van der Waals surface area contributed by atoms with Gasteiger partial charge in [0.25, 0.3) is 0 Å². The number of nitrogens with zero attached hydrogens (tertiary/aromatic N) is 1. The summed E-state index contributed by atoms with van der Waals surface area (Å²) < 4.78 is 0. The van der Waals surface area contributed by atoms with Crippen LogP contribution in [0.2, 0.25) is 0 Å². The predicted octanol–water partition coefficient (Wildman–Crippen LogP) is 0.273. The number of amides is 2. The third-order valence-electron chi connectivity index (χ3n) is 4.51. The van der Waals surface area contributed by atoms with Crippen LogP contribution in [0.1, 0.15) is 17.7 Å². The third-order valence-corrected chi connectivity index (χ3v) is 4.51. The summed E-state index contributed by atoms with van der Waals surface area (Å²) in [6, 6.07) is 6.74. The van der Waals surface area contributed by atoms with Crippen LogP contribution in [0.3, 0.4) is 0 Å². The topological polar surface area (TPSA) is 94.3 Å². The average Bonchev–Trinajstić information content (AvgIpc) is 2.58. The van der Waals surface area contributed by atoms with E-state index in [-0.39, 0.29) is 23.7 Å². The van der Waals surface area contributed by atoms with Gasteiger partial charge in [0.15, 0.2) is 5.43 Å². The van der Waals surface area contributed by atoms with E-state index in [1.807, 2.05) is 30.0 Å². The molecule has 1 saturated heterocycles. The Labute approximate surface area is 145 Å². The Bertz CT molecular complexity index is 874. The minimum atomic E-state index is -0.536. The third kappa shape index (κ3) is 3.71. The Morgan fingerprint density at radius 3 is 2.88 bits per heavy atom. The van der Waals surface area contributed by atoms with Crippen molar-refractivity contribution in [1.82, 2.24) is 20.5 Å². The largest absolute Gasteiger partial charge is 0.359 e. The first-order chi connectivity index (χ1) is 12.0. The summed E-state index contributed by atoms with van der Waals surface area (Å²) in [6.07, 6.45) is 0.0966. The van der Waals surface area contributed by atoms with Crippen LogP contribution in [0.4, 0.5) is 0 Å². The molecule has 7 nitrogen and oxygen atoms in total. The summed E-state index contributed by atoms with van der Waals surface area (Å²) in [4.78, 5) is 41.4. The Kier molecular flexibility index (Phi) is 4.85. The van der Waals surface area contributed by atoms with Crippen LogP contribution in [0.5, 0.6) is 0 Å². The highest BCUT2D eigenvalue weighted by molar-refractivity contribution is 5.88. The van der Waals surface area contributed by atoms with E-state index >= 15 is 0 Å². The number of rotatable bonds is 4. The number of benzene rings is 1. The molecule has 0 unspecified atom stereocenters. The lowest BCUT2D eigenvalue weighted by Crippen LogP contribution is -2.56. The van der Waals surface area contributed by atoms with Gasteiger partial charge >= 0.3 is 0 Å². The maximum absolute atomic E-state index is 12.4. The number of piperazine rings is 1. The number of carbonyl (C=O) groups excluding carboxylic acids is 2. The van der Waals surface area contributed by atoms with E-state index in [1.165, 1.54) is 0 Å². The second kappa shape index (κ2) is 7.06. The highest BCUT2D eigenvalue weighted by Gasteiger charge is 2.31. The number of aryl methyl sites for hydroxylation is 1. The molecule has 2 aromatic rings. The Balaban J connectivity index is 1.87. The molecule has 0 saturated carbocycles. The molecule has 1 aliphatic heterocycles. The van der Waals surface area contributed by atoms with Crippen molar-refractivity contribution in [2.24, 2.45) is 0 Å². The van der Waals surface area contributed by atoms with E-state index in [9.17, 15) is 14.4 Å². The standard InChI is InChI=1S/C18H22N4O3/c1-11-3-4-14-13(7-11)16(23)8-12(21-14)10-22-6-5-20-18(25)15(22)9-17(24)19-2/h3-4,7-8,15H,5-6,9-10H2,1-2H3,(H,19,24)(H,20,25)(H,21,23)/t15-/m0/s1. The number of fused-ring (bicyclic) bond motifs is 1. The van der Waals surface area contributed by atoms with Crippen LogP contribution in [-0.2, 0) is 16.1 Å². The number of hydrogen-bond acceptors (Lipinski definition) is 4. The van der Waals surface area contributed by atoms with Crippen molar-refractivity contribution in [2.75, 3.05) is 20.1 Å². The number of hydrogen-bond donors (Lipinski definition) is 3. The van der Waals surface area contributed by atoms with Crippen molar-refractivity contribution in [1.29, 1.82) is 0 Å². The molecule has 1 aliphatic rings. The molecule has 2 amide bonds. The van der Waals surface area contributed by atoms with Gasteiger partial charge < -0.3 is 15.6 Å². The van der Waals surface area contributed by atoms with Crippen molar-refractivity contribution in [2.45, 2.75) is 25.9 Å². The highest BCUT2D eigenvalue weighted by Crippen LogP contribution is 2.15. The van der Waals surface area contributed by atoms with Crippen LogP contribution in [0.15, 0.2) is 29.1 Å². The smallest absolute Gasteiger partial charge is 0.237 e. The Morgan fingerprint density at radius 1 is 1.32 bits per heavy atom. The van der Waals surface area contributed by atoms with E-state index in [0.29, 0.717) is 25.0 Å². The first-order valence-corrected chi connectivity index (χ1v) is 8.33. The van der Waals surface area contributed by atoms with Gasteiger partial charge in [-0.25, -0.2) is 0 Å². The fraction of sp³-hybridized carbons (Fsp3) is 0.389. The highest BCUT2D eigenvalue weighted by atomic mass is 16.2. The lowest BCUT2D eigenvalue weighted by atomic mass is 10.1. The van der Waals surface area contributed by atoms with E-state index < -0.39 is 6.04 Å². The summed E-state index contributed by atoms with van der Waals surface area (Å²) in [5, 5.41) is 6.00. The molecule has 7 heteroatoms. The molecule has 1 aromatic heterocycles. The summed E-state index contributed by atoms with van der Waals surface area (Å²) in [7, 11) is 1.55. The molecule has 0 radical (unpaired) electrons. The number of aromatic amines is 1. The number of nitrogens with one attached hydrogen (secondary N) is 3. The van der Waals surface area contributed by atoms with Crippen molar-refractivity contribution >= 4 is 22.7 Å². The summed E-state index contributed by atoms with van der Waals surface area (Å²) in [5.41, 5.74) is 2.50. The summed E-state index contributed by atoms with van der Waals surface area (Å²) in [5.74, 6) is -0.344. The van der Waals surface area contributed by atoms with Gasteiger partial charge in [0.05, 0.1) is 12.5 Å². The van der Waals surface area contributed by atoms with Gasteiger partial charge in [-0.1, -0.05) is 11.6 Å². The lowest BCUT2D eigenvalue weighted by molar-refractivity contribution is -0.134. The van der Waals surface area contributed by atoms with E-state index in [2.05, 4.69) is 15.6 Å². The number of pyridine rings is 1. The molecular weight excluding hydrogens is 320 g/mol. The number of carbonyl (C=O) groups is 2. The molecule has 0 bridgehead atoms. The second-order valence-corrected chi connectivity index (χ2v) is 6.36. The predicted molar refractivity (Wildman–Crippen MR) is 95.2 cm³/mol. The quantitative estimate of drug-likeness (QED) is 0.744. The zero-order valence-electron chi connectivity index (χ0n) is 14.4. The SMILES string of the molecule is CNC(=O)C[C@H]1C(=O)NCCN1Cc1cc(=O)c2cc(C)ccc2[nH]1. The first kappa shape index (κ1) is 17.2. The Morgan fingerprint density at radius 2 is 2.12 bits per heavy atom. The van der Waals surface area contributed by atoms with Crippen molar-refractivity contribution < 1.29 is 9.59 Å². The van der Waals surface area contributed by atoms with Crippen molar-refractivity contribution in [3.63, 3.8) is 0 Å². The molecule has 25 heavy (non-hydrogen) atoms. The molecule has 0 aliphatic carbocycles. The average molecular weight is 342 g/mol. The van der Waals surface area contributed by atoms with Gasteiger partial charge in [-0.05, 0) is 19.1 Å². The molecule has 1 atom stereocenters. The van der Waals surface area contributed by atoms with Gasteiger partial charge in [0.2, 0.25) is 11.8 Å². The van der Waals surface area contributed by atoms with Crippen molar-refractivity contribution in [3.05, 3.63) is 45.7 Å². The minimum absolute atomic E-state index is 0.0447. The van der Waals surface area contributed by atoms with Gasteiger partial charge in [-0.15, -0.1) is 0 Å². The zero-order chi connectivity index (χ0) is 18.0. The molecule has 0 spiro atoms. The van der Waals surface area contributed by atoms with Gasteiger partial charge in [-0.3, -0.25) is 19.3 Å². The number of aromatic nitrogens is 1. The molecule has 2 heterocycles. The van der Waals surface area contributed by atoms with Crippen LogP contribution >= 0.6 is 0 Å². The zero-order valence-corrected chi connectivity index (χ0v) is 14.4. The fourth-order valence-corrected chi connectivity index (χ4v) is 3.17. The fourth-order valence-electron chi connectivity index (χ4n) is 3.17. The molecular formula is C18H22N4O3. The maximum atomic E-state index is 12.4. The lowest BCUT2D eigenvalue weighted by Gasteiger charge is -2.34. The number of H-pyrrole nitrogens is 1. The molecule has 3 N–H and O–H groups in total. The Hall–Kier alpha value is -2.67. The molecule has 3 rings (SSSR count). The molecule has 132 valence electrons. The minimum Gasteiger partial charge on any atom is -0.359 e. The van der Waals surface area contributed by atoms with Gasteiger partial charge in [-0.2, -0.15) is 0 Å². The van der Waals surface area contributed by atoms with Crippen LogP contribution in [0.25, 0.3) is 10.9 Å².